The Morgan fingerprint density at radius 1 is 1.50 bits per heavy atom. The van der Waals surface area contributed by atoms with Crippen LogP contribution in [0.25, 0.3) is 0 Å². The van der Waals surface area contributed by atoms with E-state index < -0.39 is 0 Å². The van der Waals surface area contributed by atoms with E-state index in [0.29, 0.717) is 12.8 Å². The lowest BCUT2D eigenvalue weighted by atomic mass is 10.1. The SMILES string of the molecule is CCC(=O)OCCC(C)C(N)=O. The second-order valence-electron chi connectivity index (χ2n) is 2.67. The van der Waals surface area contributed by atoms with Crippen molar-refractivity contribution in [1.29, 1.82) is 0 Å². The molecule has 12 heavy (non-hydrogen) atoms. The molecule has 70 valence electrons. The maximum atomic E-state index is 10.6. The number of primary amides is 1. The molecule has 0 aliphatic rings. The van der Waals surface area contributed by atoms with E-state index in [9.17, 15) is 9.59 Å². The predicted molar refractivity (Wildman–Crippen MR) is 44.2 cm³/mol. The first-order chi connectivity index (χ1) is 5.57. The number of esters is 1. The van der Waals surface area contributed by atoms with Crippen LogP contribution in [0.1, 0.15) is 26.7 Å². The number of nitrogens with two attached hydrogens (primary N) is 1. The van der Waals surface area contributed by atoms with Crippen LogP contribution in [-0.4, -0.2) is 18.5 Å². The third kappa shape index (κ3) is 4.71. The van der Waals surface area contributed by atoms with E-state index in [2.05, 4.69) is 0 Å². The van der Waals surface area contributed by atoms with Crippen LogP contribution in [0.15, 0.2) is 0 Å². The number of hydrogen-bond donors (Lipinski definition) is 1. The molecule has 0 aromatic heterocycles. The van der Waals surface area contributed by atoms with Crippen molar-refractivity contribution in [1.82, 2.24) is 0 Å². The van der Waals surface area contributed by atoms with Gasteiger partial charge in [-0.1, -0.05) is 13.8 Å². The van der Waals surface area contributed by atoms with E-state index in [0.717, 1.165) is 0 Å². The topological polar surface area (TPSA) is 69.4 Å². The highest BCUT2D eigenvalue weighted by Gasteiger charge is 2.08. The predicted octanol–water partition coefficient (Wildman–Crippen LogP) is 0.451. The number of amides is 1. The molecule has 1 amide bonds. The van der Waals surface area contributed by atoms with Crippen molar-refractivity contribution in [2.75, 3.05) is 6.61 Å². The van der Waals surface area contributed by atoms with Gasteiger partial charge in [-0.05, 0) is 6.42 Å². The van der Waals surface area contributed by atoms with Crippen LogP contribution >= 0.6 is 0 Å². The third-order valence-electron chi connectivity index (χ3n) is 1.59. The van der Waals surface area contributed by atoms with Gasteiger partial charge in [-0.2, -0.15) is 0 Å². The zero-order valence-corrected chi connectivity index (χ0v) is 7.50. The lowest BCUT2D eigenvalue weighted by Gasteiger charge is -2.06. The number of rotatable bonds is 5. The molecule has 0 fully saturated rings. The molecule has 0 saturated carbocycles. The Balaban J connectivity index is 3.43. The first kappa shape index (κ1) is 10.9. The van der Waals surface area contributed by atoms with Crippen LogP contribution < -0.4 is 5.73 Å². The van der Waals surface area contributed by atoms with Crippen LogP contribution in [-0.2, 0) is 14.3 Å². The van der Waals surface area contributed by atoms with Crippen LogP contribution in [0.4, 0.5) is 0 Å². The highest BCUT2D eigenvalue weighted by Crippen LogP contribution is 2.00. The molecule has 0 aromatic rings. The zero-order chi connectivity index (χ0) is 9.56. The fourth-order valence-electron chi connectivity index (χ4n) is 0.594. The molecule has 4 nitrogen and oxygen atoms in total. The third-order valence-corrected chi connectivity index (χ3v) is 1.59. The van der Waals surface area contributed by atoms with Crippen LogP contribution in [0.5, 0.6) is 0 Å². The summed E-state index contributed by atoms with van der Waals surface area (Å²) in [5.74, 6) is -0.830. The van der Waals surface area contributed by atoms with Gasteiger partial charge in [0.1, 0.15) is 0 Å². The molecule has 0 aliphatic heterocycles. The normalized spacial score (nSPS) is 12.2. The average molecular weight is 173 g/mol. The van der Waals surface area contributed by atoms with Gasteiger partial charge in [0.05, 0.1) is 6.61 Å². The molecule has 4 heteroatoms. The Kier molecular flexibility index (Phi) is 5.08. The summed E-state index contributed by atoms with van der Waals surface area (Å²) in [5.41, 5.74) is 5.01. The van der Waals surface area contributed by atoms with Gasteiger partial charge < -0.3 is 10.5 Å². The molecule has 2 N–H and O–H groups in total. The van der Waals surface area contributed by atoms with Gasteiger partial charge in [0, 0.05) is 12.3 Å². The Bertz CT molecular complexity index is 168. The maximum absolute atomic E-state index is 10.6. The number of ether oxygens (including phenoxy) is 1. The van der Waals surface area contributed by atoms with E-state index in [1.165, 1.54) is 0 Å². The molecule has 0 radical (unpaired) electrons. The van der Waals surface area contributed by atoms with Crippen molar-refractivity contribution in [2.24, 2.45) is 11.7 Å². The smallest absolute Gasteiger partial charge is 0.305 e. The van der Waals surface area contributed by atoms with Crippen LogP contribution in [0.2, 0.25) is 0 Å². The summed E-state index contributed by atoms with van der Waals surface area (Å²) in [7, 11) is 0. The van der Waals surface area contributed by atoms with Crippen molar-refractivity contribution in [3.05, 3.63) is 0 Å². The first-order valence-corrected chi connectivity index (χ1v) is 4.02. The first-order valence-electron chi connectivity index (χ1n) is 4.02. The maximum Gasteiger partial charge on any atom is 0.305 e. The molecule has 0 heterocycles. The number of carbonyl (C=O) groups excluding carboxylic acids is 2. The van der Waals surface area contributed by atoms with E-state index in [1.807, 2.05) is 0 Å². The summed E-state index contributed by atoms with van der Waals surface area (Å²) in [5, 5.41) is 0. The molecule has 0 saturated heterocycles. The minimum Gasteiger partial charge on any atom is -0.466 e. The van der Waals surface area contributed by atoms with Crippen molar-refractivity contribution >= 4 is 11.9 Å². The molecule has 1 unspecified atom stereocenters. The Morgan fingerprint density at radius 3 is 2.50 bits per heavy atom. The lowest BCUT2D eigenvalue weighted by molar-refractivity contribution is -0.144. The van der Waals surface area contributed by atoms with Crippen molar-refractivity contribution in [2.45, 2.75) is 26.7 Å². The summed E-state index contributed by atoms with van der Waals surface area (Å²) in [6.07, 6.45) is 0.867. The number of carbonyl (C=O) groups is 2. The molecular weight excluding hydrogens is 158 g/mol. The van der Waals surface area contributed by atoms with Crippen molar-refractivity contribution < 1.29 is 14.3 Å². The standard InChI is InChI=1S/C8H15NO3/c1-3-7(10)12-5-4-6(2)8(9)11/h6H,3-5H2,1-2H3,(H2,9,11). The van der Waals surface area contributed by atoms with Crippen LogP contribution in [0.3, 0.4) is 0 Å². The monoisotopic (exact) mass is 173 g/mol. The van der Waals surface area contributed by atoms with Crippen molar-refractivity contribution in [3.63, 3.8) is 0 Å². The summed E-state index contributed by atoms with van der Waals surface area (Å²) >= 11 is 0. The Morgan fingerprint density at radius 2 is 2.08 bits per heavy atom. The van der Waals surface area contributed by atoms with Gasteiger partial charge in [0.15, 0.2) is 0 Å². The van der Waals surface area contributed by atoms with E-state index in [-0.39, 0.29) is 24.4 Å². The summed E-state index contributed by atoms with van der Waals surface area (Å²) < 4.78 is 4.77. The second-order valence-corrected chi connectivity index (χ2v) is 2.67. The van der Waals surface area contributed by atoms with Gasteiger partial charge in [0.25, 0.3) is 0 Å². The summed E-state index contributed by atoms with van der Waals surface area (Å²) in [6.45, 7) is 3.71. The van der Waals surface area contributed by atoms with Gasteiger partial charge >= 0.3 is 5.97 Å². The number of hydrogen-bond acceptors (Lipinski definition) is 3. The Hall–Kier alpha value is -1.06. The van der Waals surface area contributed by atoms with E-state index in [1.54, 1.807) is 13.8 Å². The molecule has 0 bridgehead atoms. The summed E-state index contributed by atoms with van der Waals surface area (Å²) in [4.78, 5) is 21.2. The molecule has 0 rings (SSSR count). The van der Waals surface area contributed by atoms with Gasteiger partial charge in [-0.15, -0.1) is 0 Å². The fourth-order valence-corrected chi connectivity index (χ4v) is 0.594. The lowest BCUT2D eigenvalue weighted by Crippen LogP contribution is -2.22. The largest absolute Gasteiger partial charge is 0.466 e. The van der Waals surface area contributed by atoms with E-state index in [4.69, 9.17) is 10.5 Å². The minimum absolute atomic E-state index is 0.227. The fraction of sp³-hybridized carbons (Fsp3) is 0.750. The van der Waals surface area contributed by atoms with Gasteiger partial charge in [-0.25, -0.2) is 0 Å². The highest BCUT2D eigenvalue weighted by atomic mass is 16.5. The quantitative estimate of drug-likeness (QED) is 0.614. The highest BCUT2D eigenvalue weighted by molar-refractivity contribution is 5.76. The van der Waals surface area contributed by atoms with Crippen LogP contribution in [0, 0.1) is 5.92 Å². The van der Waals surface area contributed by atoms with E-state index >= 15 is 0 Å². The molecule has 0 aliphatic carbocycles. The molecule has 0 spiro atoms. The average Bonchev–Trinajstić information content (AvgIpc) is 2.03. The Labute approximate surface area is 72.1 Å². The van der Waals surface area contributed by atoms with Gasteiger partial charge in [-0.3, -0.25) is 9.59 Å². The molecule has 0 aromatic carbocycles. The minimum atomic E-state index is -0.359. The van der Waals surface area contributed by atoms with Gasteiger partial charge in [0.2, 0.25) is 5.91 Å². The molecule has 1 atom stereocenters. The zero-order valence-electron chi connectivity index (χ0n) is 7.50. The summed E-state index contributed by atoms with van der Waals surface area (Å²) in [6, 6.07) is 0. The van der Waals surface area contributed by atoms with Crippen molar-refractivity contribution in [3.8, 4) is 0 Å². The molecular formula is C8H15NO3. The second kappa shape index (κ2) is 5.57.